The summed E-state index contributed by atoms with van der Waals surface area (Å²) in [5, 5.41) is 1.77. The van der Waals surface area contributed by atoms with Crippen LogP contribution in [0.15, 0.2) is 71.9 Å². The minimum absolute atomic E-state index is 0.101. The van der Waals surface area contributed by atoms with E-state index in [1.165, 1.54) is 11.1 Å². The average molecular weight is 423 g/mol. The van der Waals surface area contributed by atoms with Crippen LogP contribution in [0.3, 0.4) is 0 Å². The van der Waals surface area contributed by atoms with Gasteiger partial charge in [0.25, 0.3) is 0 Å². The standard InChI is InChI=1S/C24H23ClN2OS/c25-22-8-6-19-10-12-27(13-11-20(19)15-22)17-29-24-9-7-21(16-26-24)23(28)14-18-4-2-1-3-5-18/h1-9,15-16H,10-14,17H2. The number of benzene rings is 2. The topological polar surface area (TPSA) is 33.2 Å². The second-order valence-electron chi connectivity index (χ2n) is 7.28. The first kappa shape index (κ1) is 20.1. The molecule has 0 amide bonds. The highest BCUT2D eigenvalue weighted by molar-refractivity contribution is 7.99. The highest BCUT2D eigenvalue weighted by Crippen LogP contribution is 2.23. The molecule has 2 aromatic carbocycles. The van der Waals surface area contributed by atoms with Crippen LogP contribution in [-0.4, -0.2) is 34.6 Å². The molecule has 0 saturated heterocycles. The quantitative estimate of drug-likeness (QED) is 0.398. The molecule has 5 heteroatoms. The summed E-state index contributed by atoms with van der Waals surface area (Å²) in [5.74, 6) is 0.996. The number of carbonyl (C=O) groups is 1. The van der Waals surface area contributed by atoms with Gasteiger partial charge in [-0.3, -0.25) is 9.69 Å². The summed E-state index contributed by atoms with van der Waals surface area (Å²) >= 11 is 7.86. The largest absolute Gasteiger partial charge is 0.294 e. The Morgan fingerprint density at radius 1 is 1.00 bits per heavy atom. The normalized spacial score (nSPS) is 14.2. The number of pyridine rings is 1. The lowest BCUT2D eigenvalue weighted by Gasteiger charge is -2.18. The zero-order valence-corrected chi connectivity index (χ0v) is 17.8. The van der Waals surface area contributed by atoms with E-state index in [1.54, 1.807) is 18.0 Å². The first-order chi connectivity index (χ1) is 14.2. The maximum Gasteiger partial charge on any atom is 0.168 e. The molecule has 0 bridgehead atoms. The van der Waals surface area contributed by atoms with Crippen LogP contribution >= 0.6 is 23.4 Å². The van der Waals surface area contributed by atoms with E-state index in [2.05, 4.69) is 22.0 Å². The van der Waals surface area contributed by atoms with Crippen molar-refractivity contribution < 1.29 is 4.79 Å². The van der Waals surface area contributed by atoms with Crippen molar-refractivity contribution in [2.45, 2.75) is 24.3 Å². The van der Waals surface area contributed by atoms with Gasteiger partial charge in [-0.15, -0.1) is 0 Å². The number of rotatable bonds is 6. The van der Waals surface area contributed by atoms with E-state index < -0.39 is 0 Å². The number of carbonyl (C=O) groups excluding carboxylic acids is 1. The van der Waals surface area contributed by atoms with Crippen LogP contribution in [-0.2, 0) is 19.3 Å². The van der Waals surface area contributed by atoms with Gasteiger partial charge in [-0.05, 0) is 53.8 Å². The highest BCUT2D eigenvalue weighted by atomic mass is 35.5. The third-order valence-corrected chi connectivity index (χ3v) is 6.49. The molecule has 1 aliphatic rings. The second kappa shape index (κ2) is 9.57. The molecule has 29 heavy (non-hydrogen) atoms. The Labute approximate surface area is 181 Å². The lowest BCUT2D eigenvalue weighted by Crippen LogP contribution is -2.26. The maximum atomic E-state index is 12.4. The number of ketones is 1. The van der Waals surface area contributed by atoms with Crippen molar-refractivity contribution in [2.75, 3.05) is 19.0 Å². The monoisotopic (exact) mass is 422 g/mol. The van der Waals surface area contributed by atoms with E-state index in [9.17, 15) is 4.79 Å². The van der Waals surface area contributed by atoms with Gasteiger partial charge in [0.05, 0.1) is 10.9 Å². The Kier molecular flexibility index (Phi) is 6.65. The molecule has 0 N–H and O–H groups in total. The highest BCUT2D eigenvalue weighted by Gasteiger charge is 2.15. The van der Waals surface area contributed by atoms with Gasteiger partial charge in [-0.25, -0.2) is 4.98 Å². The molecule has 1 aliphatic heterocycles. The summed E-state index contributed by atoms with van der Waals surface area (Å²) < 4.78 is 0. The molecule has 0 unspecified atom stereocenters. The predicted octanol–water partition coefficient (Wildman–Crippen LogP) is 5.31. The van der Waals surface area contributed by atoms with Crippen LogP contribution < -0.4 is 0 Å². The van der Waals surface area contributed by atoms with Gasteiger partial charge in [0.15, 0.2) is 5.78 Å². The van der Waals surface area contributed by atoms with Gasteiger partial charge >= 0.3 is 0 Å². The van der Waals surface area contributed by atoms with Crippen molar-refractivity contribution in [3.63, 3.8) is 0 Å². The van der Waals surface area contributed by atoms with Gasteiger partial charge in [-0.1, -0.05) is 59.8 Å². The summed E-state index contributed by atoms with van der Waals surface area (Å²) in [5.41, 5.74) is 4.46. The van der Waals surface area contributed by atoms with Crippen LogP contribution in [0.2, 0.25) is 5.02 Å². The molecule has 148 valence electrons. The van der Waals surface area contributed by atoms with E-state index in [4.69, 9.17) is 11.6 Å². The lowest BCUT2D eigenvalue weighted by molar-refractivity contribution is 0.0992. The SMILES string of the molecule is O=C(Cc1ccccc1)c1ccc(SCN2CCc3ccc(Cl)cc3CC2)nc1. The first-order valence-electron chi connectivity index (χ1n) is 9.83. The Morgan fingerprint density at radius 2 is 1.79 bits per heavy atom. The fourth-order valence-electron chi connectivity index (χ4n) is 3.54. The molecular weight excluding hydrogens is 400 g/mol. The molecule has 0 atom stereocenters. The third kappa shape index (κ3) is 5.47. The van der Waals surface area contributed by atoms with E-state index >= 15 is 0 Å². The number of Topliss-reactive ketones (excluding diaryl/α,β-unsaturated/α-hetero) is 1. The molecule has 0 spiro atoms. The minimum Gasteiger partial charge on any atom is -0.294 e. The number of halogens is 1. The van der Waals surface area contributed by atoms with Crippen molar-refractivity contribution in [1.29, 1.82) is 0 Å². The van der Waals surface area contributed by atoms with Gasteiger partial charge in [-0.2, -0.15) is 0 Å². The van der Waals surface area contributed by atoms with Gasteiger partial charge in [0.2, 0.25) is 0 Å². The van der Waals surface area contributed by atoms with Crippen molar-refractivity contribution in [3.8, 4) is 0 Å². The average Bonchev–Trinajstić information content (AvgIpc) is 2.95. The summed E-state index contributed by atoms with van der Waals surface area (Å²) in [6, 6.07) is 19.9. The van der Waals surface area contributed by atoms with E-state index in [0.717, 1.165) is 47.4 Å². The lowest BCUT2D eigenvalue weighted by atomic mass is 10.0. The Hall–Kier alpha value is -2.14. The zero-order valence-electron chi connectivity index (χ0n) is 16.2. The number of fused-ring (bicyclic) bond motifs is 1. The molecule has 3 aromatic rings. The molecule has 0 radical (unpaired) electrons. The molecule has 0 saturated carbocycles. The molecule has 0 fully saturated rings. The summed E-state index contributed by atoms with van der Waals surface area (Å²) in [6.07, 6.45) is 4.19. The number of thioether (sulfide) groups is 1. The van der Waals surface area contributed by atoms with Crippen LogP contribution in [0, 0.1) is 0 Å². The zero-order chi connectivity index (χ0) is 20.1. The first-order valence-corrected chi connectivity index (χ1v) is 11.2. The van der Waals surface area contributed by atoms with Crippen LogP contribution in [0.25, 0.3) is 0 Å². The summed E-state index contributed by atoms with van der Waals surface area (Å²) in [6.45, 7) is 2.06. The Bertz CT molecular complexity index is 976. The van der Waals surface area contributed by atoms with Crippen molar-refractivity contribution >= 4 is 29.1 Å². The Morgan fingerprint density at radius 3 is 2.55 bits per heavy atom. The fraction of sp³-hybridized carbons (Fsp3) is 0.250. The number of hydrogen-bond donors (Lipinski definition) is 0. The minimum atomic E-state index is 0.101. The summed E-state index contributed by atoms with van der Waals surface area (Å²) in [7, 11) is 0. The molecule has 4 rings (SSSR count). The molecule has 1 aromatic heterocycles. The molecule has 3 nitrogen and oxygen atoms in total. The van der Waals surface area contributed by atoms with Crippen molar-refractivity contribution in [2.24, 2.45) is 0 Å². The van der Waals surface area contributed by atoms with Crippen LogP contribution in [0.1, 0.15) is 27.0 Å². The Balaban J connectivity index is 1.30. The van der Waals surface area contributed by atoms with Gasteiger partial charge in [0, 0.05) is 36.3 Å². The second-order valence-corrected chi connectivity index (χ2v) is 8.68. The summed E-state index contributed by atoms with van der Waals surface area (Å²) in [4.78, 5) is 19.4. The predicted molar refractivity (Wildman–Crippen MR) is 120 cm³/mol. The van der Waals surface area contributed by atoms with Crippen molar-refractivity contribution in [1.82, 2.24) is 9.88 Å². The van der Waals surface area contributed by atoms with Crippen LogP contribution in [0.4, 0.5) is 0 Å². The van der Waals surface area contributed by atoms with E-state index in [1.807, 2.05) is 48.5 Å². The van der Waals surface area contributed by atoms with Crippen molar-refractivity contribution in [3.05, 3.63) is 94.1 Å². The molecule has 0 aliphatic carbocycles. The van der Waals surface area contributed by atoms with Crippen LogP contribution in [0.5, 0.6) is 0 Å². The maximum absolute atomic E-state index is 12.4. The number of aromatic nitrogens is 1. The molecular formula is C24H23ClN2OS. The molecule has 2 heterocycles. The third-order valence-electron chi connectivity index (χ3n) is 5.22. The smallest absolute Gasteiger partial charge is 0.168 e. The van der Waals surface area contributed by atoms with E-state index in [0.29, 0.717) is 12.0 Å². The number of nitrogens with zero attached hydrogens (tertiary/aromatic N) is 2. The van der Waals surface area contributed by atoms with Gasteiger partial charge in [0.1, 0.15) is 0 Å². The van der Waals surface area contributed by atoms with E-state index in [-0.39, 0.29) is 5.78 Å². The fourth-order valence-corrected chi connectivity index (χ4v) is 4.60. The number of hydrogen-bond acceptors (Lipinski definition) is 4. The van der Waals surface area contributed by atoms with Gasteiger partial charge < -0.3 is 0 Å².